The van der Waals surface area contributed by atoms with Crippen molar-refractivity contribution in [1.82, 2.24) is 42.5 Å². The Balaban J connectivity index is 2.50. The van der Waals surface area contributed by atoms with Crippen molar-refractivity contribution in [3.05, 3.63) is 29.8 Å². The molecule has 24 heteroatoms. The van der Waals surface area contributed by atoms with Crippen LogP contribution < -0.4 is 59.7 Å². The van der Waals surface area contributed by atoms with Crippen molar-refractivity contribution in [2.24, 2.45) is 17.2 Å². The minimum atomic E-state index is -1.85. The van der Waals surface area contributed by atoms with Gasteiger partial charge in [-0.25, -0.2) is 0 Å². The molecule has 0 saturated carbocycles. The minimum absolute atomic E-state index is 0.115. The summed E-state index contributed by atoms with van der Waals surface area (Å²) in [5.74, 6) is -12.2. The van der Waals surface area contributed by atoms with Crippen LogP contribution in [0, 0.1) is 0 Å². The zero-order valence-corrected chi connectivity index (χ0v) is 29.3. The molecule has 2 rings (SSSR count). The Morgan fingerprint density at radius 2 is 0.945 bits per heavy atom. The maximum atomic E-state index is 13.5. The van der Waals surface area contributed by atoms with Gasteiger partial charge in [0.05, 0.1) is 39.0 Å². The van der Waals surface area contributed by atoms with Crippen LogP contribution in [0.4, 0.5) is 0 Å². The standard InChI is InChI=1S/C31H43N11O13/c1-13-26(50)39-16(6-14-2-4-15(44)5-3-14)29(53)40-17(7-21(32)45)27(51)36-11-25(49)38-19(9-23(34)47)30(54)42-20(12-43)31(55)41-18(8-22(33)46)28(52)35-10-24(48)37-13/h2-5,13,16-20,43-44H,6-12H2,1H3,(H2,32,45)(H2,33,46)(H2,34,47)(H,35,52)(H,36,51)(H,37,48)(H,38,49)(H,39,50)(H,40,53)(H,41,55)(H,42,54)/t13-,16-,17-,18-,19-,20-/m0/s1. The summed E-state index contributed by atoms with van der Waals surface area (Å²) in [7, 11) is 0. The summed E-state index contributed by atoms with van der Waals surface area (Å²) < 4.78 is 0. The number of carbonyl (C=O) groups excluding carboxylic acids is 11. The van der Waals surface area contributed by atoms with E-state index >= 15 is 0 Å². The fourth-order valence-corrected chi connectivity index (χ4v) is 4.80. The normalized spacial score (nSPS) is 24.2. The molecule has 1 fully saturated rings. The number of hydrogen-bond donors (Lipinski definition) is 13. The smallest absolute Gasteiger partial charge is 0.245 e. The summed E-state index contributed by atoms with van der Waals surface area (Å²) in [6.45, 7) is -1.64. The molecule has 1 heterocycles. The van der Waals surface area contributed by atoms with Gasteiger partial charge in [-0.3, -0.25) is 52.7 Å². The highest BCUT2D eigenvalue weighted by molar-refractivity contribution is 6.00. The van der Waals surface area contributed by atoms with Crippen LogP contribution in [0.15, 0.2) is 24.3 Å². The molecule has 300 valence electrons. The third kappa shape index (κ3) is 15.3. The van der Waals surface area contributed by atoms with Gasteiger partial charge in [-0.2, -0.15) is 0 Å². The van der Waals surface area contributed by atoms with Crippen molar-refractivity contribution in [2.75, 3.05) is 19.7 Å². The molecule has 0 aliphatic carbocycles. The van der Waals surface area contributed by atoms with Crippen molar-refractivity contribution in [3.63, 3.8) is 0 Å². The summed E-state index contributed by atoms with van der Waals surface area (Å²) in [5, 5.41) is 36.9. The molecule has 55 heavy (non-hydrogen) atoms. The number of carbonyl (C=O) groups is 11. The average molecular weight is 778 g/mol. The zero-order valence-electron chi connectivity index (χ0n) is 29.3. The Morgan fingerprint density at radius 1 is 0.564 bits per heavy atom. The minimum Gasteiger partial charge on any atom is -0.508 e. The third-order valence-electron chi connectivity index (χ3n) is 7.58. The van der Waals surface area contributed by atoms with E-state index in [1.54, 1.807) is 0 Å². The van der Waals surface area contributed by atoms with Gasteiger partial charge in [-0.05, 0) is 24.6 Å². The maximum absolute atomic E-state index is 13.5. The van der Waals surface area contributed by atoms with E-state index in [1.807, 2.05) is 5.32 Å². The van der Waals surface area contributed by atoms with Crippen LogP contribution in [0.25, 0.3) is 0 Å². The number of phenolic OH excluding ortho intramolecular Hbond substituents is 1. The van der Waals surface area contributed by atoms with Crippen molar-refractivity contribution in [1.29, 1.82) is 0 Å². The lowest BCUT2D eigenvalue weighted by molar-refractivity contribution is -0.136. The van der Waals surface area contributed by atoms with Crippen LogP contribution in [0.2, 0.25) is 0 Å². The molecule has 1 aliphatic rings. The highest BCUT2D eigenvalue weighted by Crippen LogP contribution is 2.12. The molecular weight excluding hydrogens is 734 g/mol. The maximum Gasteiger partial charge on any atom is 0.245 e. The van der Waals surface area contributed by atoms with Crippen LogP contribution in [-0.2, 0) is 59.2 Å². The molecule has 1 aromatic carbocycles. The number of aliphatic hydroxyl groups excluding tert-OH is 1. The first kappa shape index (κ1) is 44.3. The molecule has 6 atom stereocenters. The second-order valence-electron chi connectivity index (χ2n) is 12.2. The first-order valence-electron chi connectivity index (χ1n) is 16.4. The van der Waals surface area contributed by atoms with Crippen LogP contribution in [0.3, 0.4) is 0 Å². The number of aliphatic hydroxyl groups is 1. The van der Waals surface area contributed by atoms with E-state index in [2.05, 4.69) is 37.2 Å². The zero-order chi connectivity index (χ0) is 41.4. The van der Waals surface area contributed by atoms with Crippen LogP contribution >= 0.6 is 0 Å². The lowest BCUT2D eigenvalue weighted by atomic mass is 10.0. The van der Waals surface area contributed by atoms with Gasteiger partial charge in [0, 0.05) is 6.42 Å². The van der Waals surface area contributed by atoms with Crippen molar-refractivity contribution < 1.29 is 63.0 Å². The lowest BCUT2D eigenvalue weighted by Crippen LogP contribution is -2.60. The molecule has 1 aliphatic heterocycles. The number of hydrogen-bond acceptors (Lipinski definition) is 13. The predicted molar refractivity (Wildman–Crippen MR) is 184 cm³/mol. The van der Waals surface area contributed by atoms with Gasteiger partial charge < -0.3 is 69.9 Å². The van der Waals surface area contributed by atoms with Crippen LogP contribution in [-0.4, -0.2) is 131 Å². The van der Waals surface area contributed by atoms with Gasteiger partial charge >= 0.3 is 0 Å². The van der Waals surface area contributed by atoms with Gasteiger partial charge in [-0.15, -0.1) is 0 Å². The fraction of sp³-hybridized carbons (Fsp3) is 0.452. The van der Waals surface area contributed by atoms with E-state index < -0.39 is 140 Å². The largest absolute Gasteiger partial charge is 0.508 e. The van der Waals surface area contributed by atoms with E-state index in [4.69, 9.17) is 17.2 Å². The van der Waals surface area contributed by atoms with E-state index in [1.165, 1.54) is 31.2 Å². The summed E-state index contributed by atoms with van der Waals surface area (Å²) in [4.78, 5) is 139. The number of nitrogens with one attached hydrogen (secondary N) is 8. The Kier molecular flexibility index (Phi) is 16.9. The number of nitrogens with two attached hydrogens (primary N) is 3. The van der Waals surface area contributed by atoms with E-state index in [0.717, 1.165) is 0 Å². The lowest BCUT2D eigenvalue weighted by Gasteiger charge is -2.25. The summed E-state index contributed by atoms with van der Waals surface area (Å²) in [6, 6.07) is -4.58. The molecule has 16 N–H and O–H groups in total. The Morgan fingerprint density at radius 3 is 1.40 bits per heavy atom. The molecule has 0 bridgehead atoms. The third-order valence-corrected chi connectivity index (χ3v) is 7.58. The molecule has 0 radical (unpaired) electrons. The second-order valence-corrected chi connectivity index (χ2v) is 12.2. The monoisotopic (exact) mass is 777 g/mol. The van der Waals surface area contributed by atoms with Gasteiger partial charge in [0.1, 0.15) is 42.0 Å². The van der Waals surface area contributed by atoms with Gasteiger partial charge in [-0.1, -0.05) is 12.1 Å². The molecular formula is C31H43N11O13. The summed E-state index contributed by atoms with van der Waals surface area (Å²) in [5.41, 5.74) is 16.1. The average Bonchev–Trinajstić information content (AvgIpc) is 3.10. The quantitative estimate of drug-likeness (QED) is 0.111. The first-order chi connectivity index (χ1) is 25.8. The SMILES string of the molecule is C[C@@H]1NC(=O)CNC(=O)[C@H](CC(N)=O)NC(=O)[C@H](CO)NC(=O)[C@H](CC(N)=O)NC(=O)CNC(=O)[C@H](CC(N)=O)NC(=O)[C@H](Cc2ccc(O)cc2)NC1=O. The molecule has 24 nitrogen and oxygen atoms in total. The molecule has 0 aromatic heterocycles. The molecule has 1 saturated heterocycles. The van der Waals surface area contributed by atoms with Gasteiger partial charge in [0.15, 0.2) is 0 Å². The van der Waals surface area contributed by atoms with E-state index in [9.17, 15) is 63.0 Å². The van der Waals surface area contributed by atoms with E-state index in [-0.39, 0.29) is 12.2 Å². The molecule has 1 aromatic rings. The first-order valence-corrected chi connectivity index (χ1v) is 16.4. The molecule has 0 unspecified atom stereocenters. The number of phenols is 1. The number of amides is 11. The summed E-state index contributed by atoms with van der Waals surface area (Å²) in [6.07, 6.45) is -2.72. The Bertz CT molecular complexity index is 1670. The molecule has 0 spiro atoms. The topological polar surface area (TPSA) is 403 Å². The van der Waals surface area contributed by atoms with Crippen molar-refractivity contribution in [3.8, 4) is 5.75 Å². The highest BCUT2D eigenvalue weighted by Gasteiger charge is 2.33. The number of aromatic hydroxyl groups is 1. The van der Waals surface area contributed by atoms with Gasteiger partial charge in [0.25, 0.3) is 0 Å². The van der Waals surface area contributed by atoms with Crippen LogP contribution in [0.5, 0.6) is 5.75 Å². The van der Waals surface area contributed by atoms with Crippen LogP contribution in [0.1, 0.15) is 31.7 Å². The molecule has 11 amide bonds. The Hall–Kier alpha value is -6.85. The van der Waals surface area contributed by atoms with Crippen molar-refractivity contribution >= 4 is 65.0 Å². The predicted octanol–water partition coefficient (Wildman–Crippen LogP) is -8.27. The number of primary amides is 3. The number of rotatable bonds is 9. The summed E-state index contributed by atoms with van der Waals surface area (Å²) >= 11 is 0. The number of benzene rings is 1. The van der Waals surface area contributed by atoms with Crippen molar-refractivity contribution in [2.45, 2.75) is 68.9 Å². The van der Waals surface area contributed by atoms with Gasteiger partial charge in [0.2, 0.25) is 65.0 Å². The fourth-order valence-electron chi connectivity index (χ4n) is 4.80. The van der Waals surface area contributed by atoms with E-state index in [0.29, 0.717) is 5.56 Å². The highest BCUT2D eigenvalue weighted by atomic mass is 16.3. The second kappa shape index (κ2) is 21.0. The Labute approximate surface area is 311 Å².